The van der Waals surface area contributed by atoms with Crippen LogP contribution >= 0.6 is 0 Å². The second-order valence-electron chi connectivity index (χ2n) is 4.77. The summed E-state index contributed by atoms with van der Waals surface area (Å²) in [5, 5.41) is 10.3. The molecule has 0 bridgehead atoms. The minimum Gasteiger partial charge on any atom is -0.380 e. The third-order valence-corrected chi connectivity index (χ3v) is 2.85. The van der Waals surface area contributed by atoms with Crippen molar-refractivity contribution in [2.75, 3.05) is 5.32 Å². The summed E-state index contributed by atoms with van der Waals surface area (Å²) < 4.78 is 0. The van der Waals surface area contributed by atoms with Crippen LogP contribution in [0, 0.1) is 0 Å². The van der Waals surface area contributed by atoms with Crippen LogP contribution in [0.15, 0.2) is 47.0 Å². The van der Waals surface area contributed by atoms with Gasteiger partial charge in [0.15, 0.2) is 17.5 Å². The Bertz CT molecular complexity index is 740. The Hall–Kier alpha value is -3.36. The molecule has 0 unspecified atom stereocenters. The van der Waals surface area contributed by atoms with Gasteiger partial charge in [0.25, 0.3) is 0 Å². The molecule has 0 radical (unpaired) electrons. The third kappa shape index (κ3) is 4.83. The maximum atomic E-state index is 11.5. The Morgan fingerprint density at radius 2 is 1.83 bits per heavy atom. The van der Waals surface area contributed by atoms with E-state index in [0.717, 1.165) is 6.42 Å². The number of amides is 1. The van der Waals surface area contributed by atoms with Gasteiger partial charge in [-0.25, -0.2) is 9.97 Å². The standard InChI is InChI=1S/C15H18N8O/c1-2-4-12(24)21-10-5-6-11(20-9-10)13(16)22-23-14(17)15-18-7-3-8-19-15/h3,5-9H,2,4H2,1H3,(H2,16,22)(H2,17,23)(H,21,24). The van der Waals surface area contributed by atoms with Gasteiger partial charge in [-0.1, -0.05) is 6.92 Å². The summed E-state index contributed by atoms with van der Waals surface area (Å²) in [6.45, 7) is 1.94. The molecule has 0 aliphatic heterocycles. The Morgan fingerprint density at radius 3 is 2.46 bits per heavy atom. The topological polar surface area (TPSA) is 145 Å². The molecule has 0 atom stereocenters. The van der Waals surface area contributed by atoms with Gasteiger partial charge in [-0.05, 0) is 24.6 Å². The molecule has 1 amide bonds. The van der Waals surface area contributed by atoms with Crippen molar-refractivity contribution in [3.8, 4) is 0 Å². The van der Waals surface area contributed by atoms with E-state index in [1.54, 1.807) is 30.6 Å². The summed E-state index contributed by atoms with van der Waals surface area (Å²) >= 11 is 0. The molecule has 0 fully saturated rings. The smallest absolute Gasteiger partial charge is 0.224 e. The minimum absolute atomic E-state index is 0.0435. The van der Waals surface area contributed by atoms with Crippen molar-refractivity contribution in [1.82, 2.24) is 15.0 Å². The number of amidine groups is 2. The maximum Gasteiger partial charge on any atom is 0.224 e. The summed E-state index contributed by atoms with van der Waals surface area (Å²) in [6.07, 6.45) is 5.83. The maximum absolute atomic E-state index is 11.5. The highest BCUT2D eigenvalue weighted by Crippen LogP contribution is 2.07. The van der Waals surface area contributed by atoms with Crippen LogP contribution in [0.1, 0.15) is 31.3 Å². The van der Waals surface area contributed by atoms with Crippen LogP contribution in [0.25, 0.3) is 0 Å². The number of nitrogens with one attached hydrogen (secondary N) is 1. The molecule has 2 aromatic heterocycles. The first-order valence-corrected chi connectivity index (χ1v) is 7.30. The quantitative estimate of drug-likeness (QED) is 0.403. The summed E-state index contributed by atoms with van der Waals surface area (Å²) in [5.41, 5.74) is 12.5. The van der Waals surface area contributed by atoms with E-state index in [2.05, 4.69) is 30.5 Å². The summed E-state index contributed by atoms with van der Waals surface area (Å²) in [4.78, 5) is 23.5. The number of carbonyl (C=O) groups excluding carboxylic acids is 1. The van der Waals surface area contributed by atoms with Crippen molar-refractivity contribution in [2.24, 2.45) is 21.7 Å². The molecule has 124 valence electrons. The van der Waals surface area contributed by atoms with Crippen LogP contribution < -0.4 is 16.8 Å². The van der Waals surface area contributed by atoms with Crippen LogP contribution in [0.3, 0.4) is 0 Å². The first kappa shape index (κ1) is 17.0. The molecule has 2 rings (SSSR count). The highest BCUT2D eigenvalue weighted by Gasteiger charge is 2.05. The van der Waals surface area contributed by atoms with Crippen molar-refractivity contribution < 1.29 is 4.79 Å². The molecular weight excluding hydrogens is 308 g/mol. The lowest BCUT2D eigenvalue weighted by atomic mass is 10.3. The minimum atomic E-state index is -0.0612. The van der Waals surface area contributed by atoms with Gasteiger partial charge < -0.3 is 16.8 Å². The van der Waals surface area contributed by atoms with E-state index < -0.39 is 0 Å². The second kappa shape index (κ2) is 8.32. The number of aromatic nitrogens is 3. The number of anilines is 1. The molecule has 2 aromatic rings. The largest absolute Gasteiger partial charge is 0.380 e. The molecule has 9 nitrogen and oxygen atoms in total. The van der Waals surface area contributed by atoms with E-state index >= 15 is 0 Å². The molecular formula is C15H18N8O. The molecule has 0 aliphatic carbocycles. The fraction of sp³-hybridized carbons (Fsp3) is 0.200. The van der Waals surface area contributed by atoms with Gasteiger partial charge in [0, 0.05) is 18.8 Å². The Morgan fingerprint density at radius 1 is 1.12 bits per heavy atom. The predicted octanol–water partition coefficient (Wildman–Crippen LogP) is 0.636. The van der Waals surface area contributed by atoms with Crippen molar-refractivity contribution in [3.05, 3.63) is 48.3 Å². The van der Waals surface area contributed by atoms with Gasteiger partial charge in [0.1, 0.15) is 5.69 Å². The molecule has 5 N–H and O–H groups in total. The molecule has 9 heteroatoms. The van der Waals surface area contributed by atoms with Crippen molar-refractivity contribution in [3.63, 3.8) is 0 Å². The van der Waals surface area contributed by atoms with Crippen LogP contribution in [-0.2, 0) is 4.79 Å². The summed E-state index contributed by atoms with van der Waals surface area (Å²) in [5.74, 6) is 0.326. The van der Waals surface area contributed by atoms with E-state index in [-0.39, 0.29) is 23.4 Å². The number of hydrogen-bond donors (Lipinski definition) is 3. The summed E-state index contributed by atoms with van der Waals surface area (Å²) in [7, 11) is 0. The van der Waals surface area contributed by atoms with Gasteiger partial charge in [-0.2, -0.15) is 0 Å². The first-order valence-electron chi connectivity index (χ1n) is 7.30. The zero-order chi connectivity index (χ0) is 17.4. The number of pyridine rings is 1. The summed E-state index contributed by atoms with van der Waals surface area (Å²) in [6, 6.07) is 4.98. The first-order chi connectivity index (χ1) is 11.6. The number of rotatable bonds is 6. The second-order valence-corrected chi connectivity index (χ2v) is 4.77. The lowest BCUT2D eigenvalue weighted by Crippen LogP contribution is -2.19. The van der Waals surface area contributed by atoms with Gasteiger partial charge in [0.05, 0.1) is 11.9 Å². The van der Waals surface area contributed by atoms with E-state index in [1.807, 2.05) is 6.92 Å². The highest BCUT2D eigenvalue weighted by atomic mass is 16.1. The van der Waals surface area contributed by atoms with Crippen LogP contribution in [0.5, 0.6) is 0 Å². The molecule has 0 saturated carbocycles. The van der Waals surface area contributed by atoms with Gasteiger partial charge in [-0.15, -0.1) is 10.2 Å². The van der Waals surface area contributed by atoms with E-state index in [4.69, 9.17) is 11.5 Å². The molecule has 0 saturated heterocycles. The van der Waals surface area contributed by atoms with Gasteiger partial charge >= 0.3 is 0 Å². The van der Waals surface area contributed by atoms with Crippen LogP contribution in [-0.4, -0.2) is 32.5 Å². The molecule has 0 aliphatic rings. The SMILES string of the molecule is CCCC(=O)Nc1ccc(/C(N)=N/N=C(\N)c2ncccn2)nc1. The van der Waals surface area contributed by atoms with Crippen molar-refractivity contribution >= 4 is 23.3 Å². The van der Waals surface area contributed by atoms with E-state index in [0.29, 0.717) is 17.8 Å². The normalized spacial score (nSPS) is 12.0. The molecule has 0 aromatic carbocycles. The third-order valence-electron chi connectivity index (χ3n) is 2.85. The van der Waals surface area contributed by atoms with Crippen LogP contribution in [0.2, 0.25) is 0 Å². The lowest BCUT2D eigenvalue weighted by molar-refractivity contribution is -0.116. The van der Waals surface area contributed by atoms with Crippen LogP contribution in [0.4, 0.5) is 5.69 Å². The van der Waals surface area contributed by atoms with E-state index in [9.17, 15) is 4.79 Å². The lowest BCUT2D eigenvalue weighted by Gasteiger charge is -2.04. The fourth-order valence-corrected chi connectivity index (χ4v) is 1.70. The number of hydrogen-bond acceptors (Lipinski definition) is 6. The van der Waals surface area contributed by atoms with Crippen molar-refractivity contribution in [2.45, 2.75) is 19.8 Å². The fourth-order valence-electron chi connectivity index (χ4n) is 1.70. The van der Waals surface area contributed by atoms with Gasteiger partial charge in [-0.3, -0.25) is 9.78 Å². The van der Waals surface area contributed by atoms with Crippen molar-refractivity contribution in [1.29, 1.82) is 0 Å². The van der Waals surface area contributed by atoms with Gasteiger partial charge in [0.2, 0.25) is 5.91 Å². The Balaban J connectivity index is 2.06. The van der Waals surface area contributed by atoms with E-state index in [1.165, 1.54) is 6.20 Å². The average Bonchev–Trinajstić information content (AvgIpc) is 2.61. The molecule has 24 heavy (non-hydrogen) atoms. The number of carbonyl (C=O) groups is 1. The molecule has 0 spiro atoms. The number of nitrogens with zero attached hydrogens (tertiary/aromatic N) is 5. The highest BCUT2D eigenvalue weighted by molar-refractivity contribution is 5.98. The predicted molar refractivity (Wildman–Crippen MR) is 91.3 cm³/mol. The monoisotopic (exact) mass is 326 g/mol. The zero-order valence-corrected chi connectivity index (χ0v) is 13.2. The molecule has 2 heterocycles. The Labute approximate surface area is 138 Å². The Kier molecular flexibility index (Phi) is 5.89. The average molecular weight is 326 g/mol. The zero-order valence-electron chi connectivity index (χ0n) is 13.2. The number of nitrogens with two attached hydrogens (primary N) is 2.